The Balaban J connectivity index is 4.21. The van der Waals surface area contributed by atoms with Crippen LogP contribution in [0.3, 0.4) is 0 Å². The first-order chi connectivity index (χ1) is 6.74. The van der Waals surface area contributed by atoms with Crippen molar-refractivity contribution in [2.75, 3.05) is 33.0 Å². The average molecular weight is 208 g/mol. The summed E-state index contributed by atoms with van der Waals surface area (Å²) in [6.07, 6.45) is 1.07. The molecule has 0 atom stereocenters. The molecule has 0 saturated carbocycles. The lowest BCUT2D eigenvalue weighted by Gasteiger charge is -2.32. The normalized spacial score (nSPS) is 12.0. The smallest absolute Gasteiger partial charge is 0.0749 e. The van der Waals surface area contributed by atoms with Gasteiger partial charge in [0.25, 0.3) is 0 Å². The van der Waals surface area contributed by atoms with Crippen LogP contribution in [0.25, 0.3) is 0 Å². The number of hydrogen-bond donors (Lipinski definition) is 4. The lowest BCUT2D eigenvalue weighted by Crippen LogP contribution is -2.37. The fourth-order valence-electron chi connectivity index (χ4n) is 1.46. The lowest BCUT2D eigenvalue weighted by molar-refractivity contribution is -0.0939. The van der Waals surface area contributed by atoms with Gasteiger partial charge in [0.2, 0.25) is 0 Å². The van der Waals surface area contributed by atoms with Crippen molar-refractivity contribution in [3.05, 3.63) is 0 Å². The third kappa shape index (κ3) is 4.88. The Morgan fingerprint density at radius 3 is 1.43 bits per heavy atom. The van der Waals surface area contributed by atoms with E-state index in [0.717, 1.165) is 0 Å². The standard InChI is InChI=1S/C9H20O5/c10-4-1-9(2-5-11,3-6-12)14-8-7-13/h10-13H,1-8H2. The monoisotopic (exact) mass is 208 g/mol. The van der Waals surface area contributed by atoms with Crippen molar-refractivity contribution >= 4 is 0 Å². The van der Waals surface area contributed by atoms with E-state index in [1.807, 2.05) is 0 Å². The molecule has 0 aliphatic rings. The Labute approximate surface area is 83.9 Å². The van der Waals surface area contributed by atoms with Crippen molar-refractivity contribution in [1.29, 1.82) is 0 Å². The largest absolute Gasteiger partial charge is 0.396 e. The number of aliphatic hydroxyl groups is 4. The van der Waals surface area contributed by atoms with Crippen molar-refractivity contribution in [1.82, 2.24) is 0 Å². The molecule has 0 unspecified atom stereocenters. The molecule has 0 amide bonds. The van der Waals surface area contributed by atoms with E-state index in [2.05, 4.69) is 0 Å². The molecule has 14 heavy (non-hydrogen) atoms. The molecule has 0 bridgehead atoms. The summed E-state index contributed by atoms with van der Waals surface area (Å²) in [5.74, 6) is 0. The molecule has 0 aliphatic carbocycles. The molecule has 0 heterocycles. The Kier molecular flexibility index (Phi) is 8.02. The Hall–Kier alpha value is -0.200. The van der Waals surface area contributed by atoms with Crippen molar-refractivity contribution in [3.8, 4) is 0 Å². The zero-order valence-corrected chi connectivity index (χ0v) is 8.35. The second kappa shape index (κ2) is 8.14. The van der Waals surface area contributed by atoms with Crippen LogP contribution in [-0.2, 0) is 4.74 Å². The molecule has 0 aromatic carbocycles. The zero-order valence-electron chi connectivity index (χ0n) is 8.35. The molecule has 0 aromatic heterocycles. The fourth-order valence-corrected chi connectivity index (χ4v) is 1.46. The van der Waals surface area contributed by atoms with Crippen molar-refractivity contribution < 1.29 is 25.2 Å². The van der Waals surface area contributed by atoms with E-state index >= 15 is 0 Å². The van der Waals surface area contributed by atoms with Crippen LogP contribution in [0.1, 0.15) is 19.3 Å². The molecule has 0 radical (unpaired) electrons. The van der Waals surface area contributed by atoms with Crippen molar-refractivity contribution in [2.45, 2.75) is 24.9 Å². The Bertz CT molecular complexity index is 111. The molecule has 5 heteroatoms. The first-order valence-electron chi connectivity index (χ1n) is 4.82. The SMILES string of the molecule is OCCOC(CCO)(CCO)CCO. The van der Waals surface area contributed by atoms with Gasteiger partial charge in [-0.1, -0.05) is 0 Å². The minimum atomic E-state index is -0.707. The lowest BCUT2D eigenvalue weighted by atomic mass is 9.92. The summed E-state index contributed by atoms with van der Waals surface area (Å²) in [7, 11) is 0. The van der Waals surface area contributed by atoms with Gasteiger partial charge < -0.3 is 25.2 Å². The summed E-state index contributed by atoms with van der Waals surface area (Å²) >= 11 is 0. The molecule has 0 aromatic rings. The van der Waals surface area contributed by atoms with Crippen LogP contribution in [0, 0.1) is 0 Å². The maximum Gasteiger partial charge on any atom is 0.0749 e. The van der Waals surface area contributed by atoms with Gasteiger partial charge in [0.15, 0.2) is 0 Å². The van der Waals surface area contributed by atoms with Crippen molar-refractivity contribution in [3.63, 3.8) is 0 Å². The van der Waals surface area contributed by atoms with Gasteiger partial charge in [-0.3, -0.25) is 0 Å². The first-order valence-corrected chi connectivity index (χ1v) is 4.82. The predicted octanol–water partition coefficient (Wildman–Crippen LogP) is -1.12. The minimum Gasteiger partial charge on any atom is -0.396 e. The third-order valence-electron chi connectivity index (χ3n) is 2.20. The van der Waals surface area contributed by atoms with E-state index in [1.54, 1.807) is 0 Å². The fraction of sp³-hybridized carbons (Fsp3) is 1.00. The average Bonchev–Trinajstić information content (AvgIpc) is 2.16. The number of ether oxygens (including phenoxy) is 1. The van der Waals surface area contributed by atoms with E-state index in [9.17, 15) is 0 Å². The van der Waals surface area contributed by atoms with Crippen LogP contribution < -0.4 is 0 Å². The molecule has 0 aliphatic heterocycles. The highest BCUT2D eigenvalue weighted by Gasteiger charge is 2.29. The summed E-state index contributed by atoms with van der Waals surface area (Å²) < 4.78 is 5.37. The minimum absolute atomic E-state index is 0.0641. The van der Waals surface area contributed by atoms with E-state index in [4.69, 9.17) is 25.2 Å². The van der Waals surface area contributed by atoms with Crippen molar-refractivity contribution in [2.24, 2.45) is 0 Å². The number of hydrogen-bond acceptors (Lipinski definition) is 5. The van der Waals surface area contributed by atoms with Gasteiger partial charge in [-0.05, 0) is 19.3 Å². The van der Waals surface area contributed by atoms with E-state index in [1.165, 1.54) is 0 Å². The van der Waals surface area contributed by atoms with Crippen LogP contribution >= 0.6 is 0 Å². The summed E-state index contributed by atoms with van der Waals surface area (Å²) in [5, 5.41) is 35.2. The summed E-state index contributed by atoms with van der Waals surface area (Å²) in [5.41, 5.74) is -0.707. The molecular formula is C9H20O5. The molecule has 0 fully saturated rings. The summed E-state index contributed by atoms with van der Waals surface area (Å²) in [6.45, 7) is -0.147. The highest BCUT2D eigenvalue weighted by molar-refractivity contribution is 4.80. The van der Waals surface area contributed by atoms with Crippen LogP contribution in [0.5, 0.6) is 0 Å². The molecule has 5 nitrogen and oxygen atoms in total. The Morgan fingerprint density at radius 2 is 1.14 bits per heavy atom. The molecule has 4 N–H and O–H groups in total. The van der Waals surface area contributed by atoms with E-state index in [-0.39, 0.29) is 33.0 Å². The van der Waals surface area contributed by atoms with Gasteiger partial charge in [0, 0.05) is 19.8 Å². The van der Waals surface area contributed by atoms with Crippen LogP contribution in [0.15, 0.2) is 0 Å². The predicted molar refractivity (Wildman–Crippen MR) is 50.9 cm³/mol. The van der Waals surface area contributed by atoms with Crippen LogP contribution in [0.2, 0.25) is 0 Å². The van der Waals surface area contributed by atoms with E-state index in [0.29, 0.717) is 19.3 Å². The topological polar surface area (TPSA) is 90.2 Å². The Morgan fingerprint density at radius 1 is 0.714 bits per heavy atom. The highest BCUT2D eigenvalue weighted by atomic mass is 16.5. The zero-order chi connectivity index (χ0) is 10.9. The second-order valence-corrected chi connectivity index (χ2v) is 3.18. The first kappa shape index (κ1) is 13.8. The van der Waals surface area contributed by atoms with Gasteiger partial charge >= 0.3 is 0 Å². The second-order valence-electron chi connectivity index (χ2n) is 3.18. The molecule has 0 rings (SSSR count). The van der Waals surface area contributed by atoms with Crippen LogP contribution in [-0.4, -0.2) is 59.1 Å². The summed E-state index contributed by atoms with van der Waals surface area (Å²) in [6, 6.07) is 0. The molecular weight excluding hydrogens is 188 g/mol. The van der Waals surface area contributed by atoms with Crippen LogP contribution in [0.4, 0.5) is 0 Å². The van der Waals surface area contributed by atoms with Gasteiger partial charge in [-0.25, -0.2) is 0 Å². The van der Waals surface area contributed by atoms with Gasteiger partial charge in [0.1, 0.15) is 0 Å². The maximum absolute atomic E-state index is 8.85. The van der Waals surface area contributed by atoms with Gasteiger partial charge in [-0.2, -0.15) is 0 Å². The van der Waals surface area contributed by atoms with Gasteiger partial charge in [-0.15, -0.1) is 0 Å². The van der Waals surface area contributed by atoms with Gasteiger partial charge in [0.05, 0.1) is 18.8 Å². The molecule has 0 saturated heterocycles. The van der Waals surface area contributed by atoms with E-state index < -0.39 is 5.60 Å². The summed E-state index contributed by atoms with van der Waals surface area (Å²) in [4.78, 5) is 0. The number of rotatable bonds is 9. The third-order valence-corrected chi connectivity index (χ3v) is 2.20. The number of aliphatic hydroxyl groups excluding tert-OH is 4. The molecule has 86 valence electrons. The maximum atomic E-state index is 8.85. The highest BCUT2D eigenvalue weighted by Crippen LogP contribution is 2.24. The quantitative estimate of drug-likeness (QED) is 0.385. The molecule has 0 spiro atoms.